The first kappa shape index (κ1) is 10.0. The number of carboxylic acid groups (broad SMARTS) is 1. The molecule has 16 heavy (non-hydrogen) atoms. The van der Waals surface area contributed by atoms with Gasteiger partial charge in [-0.15, -0.1) is 0 Å². The summed E-state index contributed by atoms with van der Waals surface area (Å²) >= 11 is 0. The molecule has 2 amide bonds. The standard InChI is InChI=1S/C8H5N3O5/c1-11-6(13)2-3(7(11)14)9-4(8(15)16)10-5(2)12/h1H3,(H,15,16)(H,9,10,12). The van der Waals surface area contributed by atoms with E-state index in [0.717, 1.165) is 0 Å². The van der Waals surface area contributed by atoms with Crippen molar-refractivity contribution in [2.45, 2.75) is 0 Å². The van der Waals surface area contributed by atoms with Crippen LogP contribution in [-0.2, 0) is 0 Å². The van der Waals surface area contributed by atoms with E-state index in [4.69, 9.17) is 5.11 Å². The van der Waals surface area contributed by atoms with Crippen LogP contribution in [0.5, 0.6) is 0 Å². The molecule has 1 aromatic heterocycles. The van der Waals surface area contributed by atoms with E-state index in [0.29, 0.717) is 4.90 Å². The van der Waals surface area contributed by atoms with E-state index in [2.05, 4.69) is 4.98 Å². The summed E-state index contributed by atoms with van der Waals surface area (Å²) in [5.74, 6) is -3.71. The number of hydrogen-bond acceptors (Lipinski definition) is 5. The molecule has 2 heterocycles. The van der Waals surface area contributed by atoms with Crippen LogP contribution in [0.2, 0.25) is 0 Å². The zero-order valence-corrected chi connectivity index (χ0v) is 7.97. The average molecular weight is 223 g/mol. The highest BCUT2D eigenvalue weighted by atomic mass is 16.4. The molecular formula is C8H5N3O5. The minimum absolute atomic E-state index is 0.419. The van der Waals surface area contributed by atoms with Gasteiger partial charge in [-0.2, -0.15) is 0 Å². The number of fused-ring (bicyclic) bond motifs is 1. The molecule has 0 aliphatic carbocycles. The molecule has 0 radical (unpaired) electrons. The summed E-state index contributed by atoms with van der Waals surface area (Å²) in [6.07, 6.45) is 0. The molecule has 0 bridgehead atoms. The summed E-state index contributed by atoms with van der Waals surface area (Å²) in [7, 11) is 1.19. The minimum Gasteiger partial charge on any atom is -0.475 e. The van der Waals surface area contributed by atoms with Crippen LogP contribution in [0, 0.1) is 0 Å². The third kappa shape index (κ3) is 1.13. The summed E-state index contributed by atoms with van der Waals surface area (Å²) in [6, 6.07) is 0. The molecular weight excluding hydrogens is 218 g/mol. The average Bonchev–Trinajstić information content (AvgIpc) is 2.44. The molecule has 0 atom stereocenters. The second-order valence-electron chi connectivity index (χ2n) is 3.11. The molecule has 1 aliphatic heterocycles. The Bertz CT molecular complexity index is 588. The number of hydrogen-bond donors (Lipinski definition) is 2. The number of aromatic nitrogens is 2. The van der Waals surface area contributed by atoms with Crippen molar-refractivity contribution in [2.24, 2.45) is 0 Å². The number of carbonyl (C=O) groups is 3. The van der Waals surface area contributed by atoms with Crippen molar-refractivity contribution in [3.63, 3.8) is 0 Å². The molecule has 0 spiro atoms. The monoisotopic (exact) mass is 223 g/mol. The smallest absolute Gasteiger partial charge is 0.372 e. The van der Waals surface area contributed by atoms with E-state index in [1.807, 2.05) is 4.98 Å². The molecule has 1 aliphatic rings. The SMILES string of the molecule is CN1C(=O)c2nc(C(=O)O)[nH]c(=O)c2C1=O. The highest BCUT2D eigenvalue weighted by molar-refractivity contribution is 6.20. The summed E-state index contributed by atoms with van der Waals surface area (Å²) in [6.45, 7) is 0. The van der Waals surface area contributed by atoms with Gasteiger partial charge in [-0.3, -0.25) is 19.3 Å². The summed E-state index contributed by atoms with van der Waals surface area (Å²) in [4.78, 5) is 50.8. The fourth-order valence-electron chi connectivity index (χ4n) is 1.35. The lowest BCUT2D eigenvalue weighted by Crippen LogP contribution is -2.26. The van der Waals surface area contributed by atoms with E-state index in [1.54, 1.807) is 0 Å². The van der Waals surface area contributed by atoms with Gasteiger partial charge < -0.3 is 10.1 Å². The molecule has 1 aromatic rings. The molecule has 0 aromatic carbocycles. The van der Waals surface area contributed by atoms with Crippen molar-refractivity contribution in [2.75, 3.05) is 7.05 Å². The normalized spacial score (nSPS) is 14.2. The maximum absolute atomic E-state index is 11.4. The van der Waals surface area contributed by atoms with Crippen LogP contribution in [0.25, 0.3) is 0 Å². The first-order chi connectivity index (χ1) is 7.43. The lowest BCUT2D eigenvalue weighted by Gasteiger charge is -2.01. The summed E-state index contributed by atoms with van der Waals surface area (Å²) in [5, 5.41) is 8.62. The van der Waals surface area contributed by atoms with Crippen molar-refractivity contribution in [1.82, 2.24) is 14.9 Å². The van der Waals surface area contributed by atoms with Crippen LogP contribution in [0.15, 0.2) is 4.79 Å². The maximum atomic E-state index is 11.4. The molecule has 2 N–H and O–H groups in total. The highest BCUT2D eigenvalue weighted by Gasteiger charge is 2.37. The van der Waals surface area contributed by atoms with Crippen LogP contribution in [0.3, 0.4) is 0 Å². The Kier molecular flexibility index (Phi) is 1.87. The van der Waals surface area contributed by atoms with Crippen LogP contribution in [0.1, 0.15) is 31.5 Å². The quantitative estimate of drug-likeness (QED) is 0.570. The predicted octanol–water partition coefficient (Wildman–Crippen LogP) is -1.31. The third-order valence-electron chi connectivity index (χ3n) is 2.15. The molecule has 2 rings (SSSR count). The van der Waals surface area contributed by atoms with Gasteiger partial charge >= 0.3 is 5.97 Å². The number of aromatic carboxylic acids is 1. The Balaban J connectivity index is 2.77. The second kappa shape index (κ2) is 2.99. The molecule has 0 fully saturated rings. The van der Waals surface area contributed by atoms with Gasteiger partial charge in [0.05, 0.1) is 0 Å². The lowest BCUT2D eigenvalue weighted by atomic mass is 10.2. The van der Waals surface area contributed by atoms with Gasteiger partial charge in [0.1, 0.15) is 11.3 Å². The van der Waals surface area contributed by atoms with Gasteiger partial charge in [0.15, 0.2) is 0 Å². The Morgan fingerprint density at radius 3 is 2.50 bits per heavy atom. The minimum atomic E-state index is -1.48. The Hall–Kier alpha value is -2.51. The van der Waals surface area contributed by atoms with Crippen molar-refractivity contribution >= 4 is 17.8 Å². The van der Waals surface area contributed by atoms with E-state index >= 15 is 0 Å². The van der Waals surface area contributed by atoms with Gasteiger partial charge in [-0.05, 0) is 0 Å². The van der Waals surface area contributed by atoms with E-state index in [1.165, 1.54) is 7.05 Å². The Labute approximate surface area is 87.5 Å². The van der Waals surface area contributed by atoms with Crippen LogP contribution >= 0.6 is 0 Å². The Morgan fingerprint density at radius 1 is 1.31 bits per heavy atom. The predicted molar refractivity (Wildman–Crippen MR) is 48.2 cm³/mol. The molecule has 0 unspecified atom stereocenters. The van der Waals surface area contributed by atoms with Crippen molar-refractivity contribution in [1.29, 1.82) is 0 Å². The number of aromatic amines is 1. The first-order valence-electron chi connectivity index (χ1n) is 4.13. The van der Waals surface area contributed by atoms with Crippen LogP contribution in [0.4, 0.5) is 0 Å². The topological polar surface area (TPSA) is 120 Å². The van der Waals surface area contributed by atoms with E-state index in [-0.39, 0.29) is 0 Å². The molecule has 0 saturated heterocycles. The Morgan fingerprint density at radius 2 is 1.94 bits per heavy atom. The third-order valence-corrected chi connectivity index (χ3v) is 2.15. The zero-order valence-electron chi connectivity index (χ0n) is 7.97. The molecule has 8 heteroatoms. The number of amides is 2. The van der Waals surface area contributed by atoms with Gasteiger partial charge in [0.2, 0.25) is 5.82 Å². The van der Waals surface area contributed by atoms with Gasteiger partial charge in [-0.1, -0.05) is 0 Å². The van der Waals surface area contributed by atoms with E-state index < -0.39 is 40.4 Å². The van der Waals surface area contributed by atoms with Gasteiger partial charge in [0, 0.05) is 7.05 Å². The van der Waals surface area contributed by atoms with Gasteiger partial charge in [0.25, 0.3) is 17.4 Å². The fourth-order valence-corrected chi connectivity index (χ4v) is 1.35. The summed E-state index contributed by atoms with van der Waals surface area (Å²) in [5.41, 5.74) is -1.77. The van der Waals surface area contributed by atoms with Crippen LogP contribution < -0.4 is 5.56 Å². The number of imide groups is 1. The maximum Gasteiger partial charge on any atom is 0.372 e. The first-order valence-corrected chi connectivity index (χ1v) is 4.13. The number of nitrogens with zero attached hydrogens (tertiary/aromatic N) is 2. The number of carbonyl (C=O) groups excluding carboxylic acids is 2. The van der Waals surface area contributed by atoms with Gasteiger partial charge in [-0.25, -0.2) is 9.78 Å². The van der Waals surface area contributed by atoms with E-state index in [9.17, 15) is 19.2 Å². The van der Waals surface area contributed by atoms with Crippen molar-refractivity contribution in [3.8, 4) is 0 Å². The number of H-pyrrole nitrogens is 1. The number of rotatable bonds is 1. The zero-order chi connectivity index (χ0) is 12.0. The second-order valence-corrected chi connectivity index (χ2v) is 3.11. The van der Waals surface area contributed by atoms with Crippen molar-refractivity contribution in [3.05, 3.63) is 27.4 Å². The highest BCUT2D eigenvalue weighted by Crippen LogP contribution is 2.15. The van der Waals surface area contributed by atoms with Crippen molar-refractivity contribution < 1.29 is 19.5 Å². The van der Waals surface area contributed by atoms with Crippen LogP contribution in [-0.4, -0.2) is 44.8 Å². The molecule has 8 nitrogen and oxygen atoms in total. The molecule has 0 saturated carbocycles. The number of nitrogens with one attached hydrogen (secondary N) is 1. The largest absolute Gasteiger partial charge is 0.475 e. The lowest BCUT2D eigenvalue weighted by molar-refractivity contribution is 0.0679. The molecule has 82 valence electrons. The number of carboxylic acids is 1. The fraction of sp³-hybridized carbons (Fsp3) is 0.125. The summed E-state index contributed by atoms with van der Waals surface area (Å²) < 4.78 is 0.